The number of hydrogen-bond donors (Lipinski definition) is 2. The molecule has 2 N–H and O–H groups in total. The molecule has 0 spiro atoms. The van der Waals surface area contributed by atoms with Crippen molar-refractivity contribution in [3.05, 3.63) is 107 Å². The van der Waals surface area contributed by atoms with Gasteiger partial charge in [0.15, 0.2) is 5.69 Å². The highest BCUT2D eigenvalue weighted by molar-refractivity contribution is 6.04. The van der Waals surface area contributed by atoms with Gasteiger partial charge >= 0.3 is 0 Å². The molecule has 0 aliphatic rings. The fraction of sp³-hybridized carbons (Fsp3) is 0.154. The molecule has 34 heavy (non-hydrogen) atoms. The summed E-state index contributed by atoms with van der Waals surface area (Å²) >= 11 is 0. The van der Waals surface area contributed by atoms with Gasteiger partial charge in [-0.05, 0) is 80.4 Å². The number of anilines is 1. The van der Waals surface area contributed by atoms with Gasteiger partial charge in [0.25, 0.3) is 11.8 Å². The molecule has 1 aromatic heterocycles. The molecular formula is C26H24FN5O2. The fourth-order valence-corrected chi connectivity index (χ4v) is 3.55. The smallest absolute Gasteiger partial charge is 0.274 e. The molecule has 0 fully saturated rings. The number of halogens is 1. The number of carbonyl (C=O) groups is 2. The molecule has 0 aliphatic heterocycles. The first kappa shape index (κ1) is 22.8. The molecule has 4 aromatic rings. The van der Waals surface area contributed by atoms with Gasteiger partial charge in [-0.1, -0.05) is 29.5 Å². The number of nitrogens with zero attached hydrogens (tertiary/aromatic N) is 3. The Kier molecular flexibility index (Phi) is 6.49. The van der Waals surface area contributed by atoms with Crippen molar-refractivity contribution in [2.45, 2.75) is 26.8 Å². The standard InChI is InChI=1S/C26H24FN5O2/c1-16-5-4-6-23(15-16)32-18(3)24(30-31-32)26(34)28-17(2)19-9-13-22(14-10-19)29-25(33)20-7-11-21(27)12-8-20/h4-15,17H,1-3H3,(H,28,34)(H,29,33). The van der Waals surface area contributed by atoms with Crippen LogP contribution in [0.5, 0.6) is 0 Å². The van der Waals surface area contributed by atoms with E-state index in [9.17, 15) is 14.0 Å². The Labute approximate surface area is 196 Å². The van der Waals surface area contributed by atoms with Crippen LogP contribution in [-0.4, -0.2) is 26.8 Å². The first-order valence-electron chi connectivity index (χ1n) is 10.8. The maximum atomic E-state index is 13.0. The van der Waals surface area contributed by atoms with E-state index in [0.29, 0.717) is 16.9 Å². The number of carbonyl (C=O) groups excluding carboxylic acids is 2. The van der Waals surface area contributed by atoms with Gasteiger partial charge < -0.3 is 10.6 Å². The van der Waals surface area contributed by atoms with Gasteiger partial charge in [0.05, 0.1) is 17.4 Å². The van der Waals surface area contributed by atoms with E-state index >= 15 is 0 Å². The lowest BCUT2D eigenvalue weighted by molar-refractivity contribution is 0.0933. The molecule has 0 bridgehead atoms. The summed E-state index contributed by atoms with van der Waals surface area (Å²) in [4.78, 5) is 25.1. The summed E-state index contributed by atoms with van der Waals surface area (Å²) < 4.78 is 14.7. The van der Waals surface area contributed by atoms with Crippen LogP contribution in [0.15, 0.2) is 72.8 Å². The normalized spacial score (nSPS) is 11.6. The third-order valence-corrected chi connectivity index (χ3v) is 5.48. The van der Waals surface area contributed by atoms with Crippen LogP contribution in [0.3, 0.4) is 0 Å². The van der Waals surface area contributed by atoms with E-state index in [-0.39, 0.29) is 23.6 Å². The van der Waals surface area contributed by atoms with Crippen LogP contribution in [0.2, 0.25) is 0 Å². The number of nitrogens with one attached hydrogen (secondary N) is 2. The molecule has 1 unspecified atom stereocenters. The maximum Gasteiger partial charge on any atom is 0.274 e. The predicted octanol–water partition coefficient (Wildman–Crippen LogP) is 4.77. The highest BCUT2D eigenvalue weighted by Crippen LogP contribution is 2.19. The van der Waals surface area contributed by atoms with Crippen LogP contribution in [0, 0.1) is 19.7 Å². The zero-order chi connectivity index (χ0) is 24.2. The lowest BCUT2D eigenvalue weighted by Crippen LogP contribution is -2.27. The minimum Gasteiger partial charge on any atom is -0.344 e. The van der Waals surface area contributed by atoms with E-state index in [1.807, 2.05) is 50.2 Å². The van der Waals surface area contributed by atoms with E-state index < -0.39 is 5.82 Å². The average molecular weight is 458 g/mol. The predicted molar refractivity (Wildman–Crippen MR) is 128 cm³/mol. The molecule has 7 nitrogen and oxygen atoms in total. The molecule has 0 aliphatic carbocycles. The van der Waals surface area contributed by atoms with Gasteiger partial charge in [-0.3, -0.25) is 9.59 Å². The molecule has 0 saturated carbocycles. The SMILES string of the molecule is Cc1cccc(-n2nnc(C(=O)NC(C)c3ccc(NC(=O)c4ccc(F)cc4)cc3)c2C)c1. The molecule has 1 atom stereocenters. The number of benzene rings is 3. The minimum absolute atomic E-state index is 0.261. The Hall–Kier alpha value is -4.33. The number of hydrogen-bond acceptors (Lipinski definition) is 4. The first-order chi connectivity index (χ1) is 16.3. The van der Waals surface area contributed by atoms with E-state index in [1.165, 1.54) is 24.3 Å². The Morgan fingerprint density at radius 1 is 0.941 bits per heavy atom. The Bertz CT molecular complexity index is 1330. The summed E-state index contributed by atoms with van der Waals surface area (Å²) in [6, 6.07) is 20.0. The molecule has 4 rings (SSSR count). The quantitative estimate of drug-likeness (QED) is 0.437. The Balaban J connectivity index is 1.41. The zero-order valence-corrected chi connectivity index (χ0v) is 19.0. The summed E-state index contributed by atoms with van der Waals surface area (Å²) in [6.07, 6.45) is 0. The highest BCUT2D eigenvalue weighted by atomic mass is 19.1. The van der Waals surface area contributed by atoms with Gasteiger partial charge in [0, 0.05) is 11.3 Å². The number of aromatic nitrogens is 3. The lowest BCUT2D eigenvalue weighted by Gasteiger charge is -2.14. The van der Waals surface area contributed by atoms with E-state index in [1.54, 1.807) is 23.7 Å². The van der Waals surface area contributed by atoms with Crippen LogP contribution < -0.4 is 10.6 Å². The van der Waals surface area contributed by atoms with Crippen molar-refractivity contribution in [2.75, 3.05) is 5.32 Å². The van der Waals surface area contributed by atoms with E-state index in [4.69, 9.17) is 0 Å². The van der Waals surface area contributed by atoms with Gasteiger partial charge in [-0.2, -0.15) is 0 Å². The van der Waals surface area contributed by atoms with Gasteiger partial charge in [-0.25, -0.2) is 9.07 Å². The van der Waals surface area contributed by atoms with Crippen molar-refractivity contribution in [3.63, 3.8) is 0 Å². The Morgan fingerprint density at radius 2 is 1.65 bits per heavy atom. The summed E-state index contributed by atoms with van der Waals surface area (Å²) in [5.41, 5.74) is 4.65. The van der Waals surface area contributed by atoms with Crippen LogP contribution in [0.25, 0.3) is 5.69 Å². The molecular weight excluding hydrogens is 433 g/mol. The van der Waals surface area contributed by atoms with Gasteiger partial charge in [-0.15, -0.1) is 5.10 Å². The fourth-order valence-electron chi connectivity index (χ4n) is 3.55. The largest absolute Gasteiger partial charge is 0.344 e. The van der Waals surface area contributed by atoms with Crippen LogP contribution in [0.1, 0.15) is 50.6 Å². The molecule has 0 radical (unpaired) electrons. The summed E-state index contributed by atoms with van der Waals surface area (Å²) in [5, 5.41) is 13.9. The molecule has 172 valence electrons. The van der Waals surface area contributed by atoms with Crippen LogP contribution >= 0.6 is 0 Å². The minimum atomic E-state index is -0.398. The van der Waals surface area contributed by atoms with Crippen LogP contribution in [0.4, 0.5) is 10.1 Å². The number of aryl methyl sites for hydroxylation is 1. The lowest BCUT2D eigenvalue weighted by atomic mass is 10.1. The number of amides is 2. The first-order valence-corrected chi connectivity index (χ1v) is 10.8. The van der Waals surface area contributed by atoms with Crippen molar-refractivity contribution in [3.8, 4) is 5.69 Å². The molecule has 1 heterocycles. The van der Waals surface area contributed by atoms with Crippen molar-refractivity contribution >= 4 is 17.5 Å². The molecule has 8 heteroatoms. The van der Waals surface area contributed by atoms with Gasteiger partial charge in [0.1, 0.15) is 5.82 Å². The summed E-state index contributed by atoms with van der Waals surface area (Å²) in [5.74, 6) is -1.05. The van der Waals surface area contributed by atoms with Crippen molar-refractivity contribution in [1.82, 2.24) is 20.3 Å². The van der Waals surface area contributed by atoms with E-state index in [2.05, 4.69) is 20.9 Å². The monoisotopic (exact) mass is 457 g/mol. The van der Waals surface area contributed by atoms with Crippen molar-refractivity contribution in [2.24, 2.45) is 0 Å². The maximum absolute atomic E-state index is 13.0. The average Bonchev–Trinajstić information content (AvgIpc) is 3.21. The number of rotatable bonds is 6. The topological polar surface area (TPSA) is 88.9 Å². The third kappa shape index (κ3) is 5.01. The van der Waals surface area contributed by atoms with Gasteiger partial charge in [0.2, 0.25) is 0 Å². The zero-order valence-electron chi connectivity index (χ0n) is 19.0. The van der Waals surface area contributed by atoms with Crippen molar-refractivity contribution < 1.29 is 14.0 Å². The Morgan fingerprint density at radius 3 is 2.32 bits per heavy atom. The second-order valence-electron chi connectivity index (χ2n) is 8.05. The second kappa shape index (κ2) is 9.66. The highest BCUT2D eigenvalue weighted by Gasteiger charge is 2.19. The molecule has 2 amide bonds. The van der Waals surface area contributed by atoms with Crippen LogP contribution in [-0.2, 0) is 0 Å². The summed E-state index contributed by atoms with van der Waals surface area (Å²) in [6.45, 7) is 5.66. The second-order valence-corrected chi connectivity index (χ2v) is 8.05. The van der Waals surface area contributed by atoms with Crippen molar-refractivity contribution in [1.29, 1.82) is 0 Å². The summed E-state index contributed by atoms with van der Waals surface area (Å²) in [7, 11) is 0. The third-order valence-electron chi connectivity index (χ3n) is 5.48. The molecule has 3 aromatic carbocycles. The van der Waals surface area contributed by atoms with E-state index in [0.717, 1.165) is 16.8 Å². The molecule has 0 saturated heterocycles.